The number of rotatable bonds is 1. The number of nitrogens with zero attached hydrogens (tertiary/aromatic N) is 1. The van der Waals surface area contributed by atoms with Crippen molar-refractivity contribution in [2.75, 3.05) is 17.2 Å². The number of nitrogen functional groups attached to an aromatic ring is 3. The Hall–Kier alpha value is -2.96. The molecule has 106 valence electrons. The van der Waals surface area contributed by atoms with Gasteiger partial charge in [-0.1, -0.05) is 6.07 Å². The minimum absolute atomic E-state index is 0.0324. The van der Waals surface area contributed by atoms with Crippen LogP contribution in [0.1, 0.15) is 5.56 Å². The highest BCUT2D eigenvalue weighted by molar-refractivity contribution is 5.63. The first-order valence-electron chi connectivity index (χ1n) is 5.65. The lowest BCUT2D eigenvalue weighted by Crippen LogP contribution is -1.94. The molecule has 0 fully saturated rings. The molecule has 0 saturated carbocycles. The van der Waals surface area contributed by atoms with Crippen molar-refractivity contribution >= 4 is 22.7 Å². The van der Waals surface area contributed by atoms with Gasteiger partial charge in [-0.2, -0.15) is 0 Å². The summed E-state index contributed by atoms with van der Waals surface area (Å²) in [7, 11) is 0. The molecule has 2 rings (SSSR count). The molecule has 0 atom stereocenters. The monoisotopic (exact) mass is 276 g/mol. The van der Waals surface area contributed by atoms with Crippen molar-refractivity contribution < 1.29 is 10.0 Å². The Labute approximate surface area is 115 Å². The summed E-state index contributed by atoms with van der Waals surface area (Å²) in [5.74, 6) is -0.0758. The van der Waals surface area contributed by atoms with E-state index in [-0.39, 0.29) is 17.1 Å². The molecular formula is C13H16N4O3. The average molecular weight is 276 g/mol. The van der Waals surface area contributed by atoms with Crippen LogP contribution in [0.5, 0.6) is 5.75 Å². The molecule has 7 heteroatoms. The summed E-state index contributed by atoms with van der Waals surface area (Å²) >= 11 is 0. The van der Waals surface area contributed by atoms with Crippen molar-refractivity contribution in [1.82, 2.24) is 0 Å². The van der Waals surface area contributed by atoms with Crippen LogP contribution in [0.3, 0.4) is 0 Å². The van der Waals surface area contributed by atoms with Gasteiger partial charge in [0.15, 0.2) is 0 Å². The number of nitro benzene ring substituents is 1. The van der Waals surface area contributed by atoms with E-state index in [4.69, 9.17) is 22.3 Å². The van der Waals surface area contributed by atoms with Crippen molar-refractivity contribution in [2.45, 2.75) is 6.92 Å². The molecule has 0 spiro atoms. The van der Waals surface area contributed by atoms with Gasteiger partial charge in [0.1, 0.15) is 11.4 Å². The molecule has 7 nitrogen and oxygen atoms in total. The van der Waals surface area contributed by atoms with E-state index in [1.165, 1.54) is 6.07 Å². The number of benzene rings is 2. The number of nitro groups is 1. The zero-order chi connectivity index (χ0) is 15.3. The smallest absolute Gasteiger partial charge is 0.292 e. The molecule has 0 aliphatic carbocycles. The summed E-state index contributed by atoms with van der Waals surface area (Å²) in [5.41, 5.74) is 18.4. The third-order valence-corrected chi connectivity index (χ3v) is 2.45. The SMILES string of the molecule is Cc1ccc(N)c(N)c1.Nc1cc(O)ccc1[N+](=O)[O-]. The van der Waals surface area contributed by atoms with Crippen molar-refractivity contribution in [2.24, 2.45) is 0 Å². The van der Waals surface area contributed by atoms with Gasteiger partial charge in [-0.3, -0.25) is 10.1 Å². The molecule has 20 heavy (non-hydrogen) atoms. The highest BCUT2D eigenvalue weighted by Gasteiger charge is 2.09. The highest BCUT2D eigenvalue weighted by Crippen LogP contribution is 2.24. The number of phenols is 1. The normalized spacial score (nSPS) is 9.45. The van der Waals surface area contributed by atoms with Crippen LogP contribution in [-0.4, -0.2) is 10.0 Å². The maximum Gasteiger partial charge on any atom is 0.292 e. The number of anilines is 3. The topological polar surface area (TPSA) is 141 Å². The van der Waals surface area contributed by atoms with E-state index in [0.717, 1.165) is 17.7 Å². The van der Waals surface area contributed by atoms with E-state index in [1.54, 1.807) is 0 Å². The van der Waals surface area contributed by atoms with Crippen LogP contribution in [0.25, 0.3) is 0 Å². The van der Waals surface area contributed by atoms with Crippen molar-refractivity contribution in [1.29, 1.82) is 0 Å². The van der Waals surface area contributed by atoms with Gasteiger partial charge >= 0.3 is 0 Å². The molecule has 0 radical (unpaired) electrons. The first kappa shape index (κ1) is 15.1. The quantitative estimate of drug-likeness (QED) is 0.356. The Morgan fingerprint density at radius 1 is 1.00 bits per heavy atom. The molecule has 0 amide bonds. The summed E-state index contributed by atoms with van der Waals surface area (Å²) in [4.78, 5) is 9.57. The van der Waals surface area contributed by atoms with Crippen molar-refractivity contribution in [3.8, 4) is 5.75 Å². The highest BCUT2D eigenvalue weighted by atomic mass is 16.6. The van der Waals surface area contributed by atoms with Crippen LogP contribution in [0.15, 0.2) is 36.4 Å². The van der Waals surface area contributed by atoms with E-state index in [9.17, 15) is 10.1 Å². The largest absolute Gasteiger partial charge is 0.508 e. The summed E-state index contributed by atoms with van der Waals surface area (Å²) in [6, 6.07) is 9.11. The van der Waals surface area contributed by atoms with Gasteiger partial charge in [0, 0.05) is 12.1 Å². The van der Waals surface area contributed by atoms with E-state index in [0.29, 0.717) is 11.4 Å². The predicted octanol–water partition coefficient (Wildman–Crippen LogP) is 2.04. The Morgan fingerprint density at radius 2 is 1.65 bits per heavy atom. The molecule has 7 N–H and O–H groups in total. The summed E-state index contributed by atoms with van der Waals surface area (Å²) in [6.45, 7) is 1.98. The zero-order valence-electron chi connectivity index (χ0n) is 10.9. The van der Waals surface area contributed by atoms with E-state index in [2.05, 4.69) is 0 Å². The maximum atomic E-state index is 10.2. The fraction of sp³-hybridized carbons (Fsp3) is 0.0769. The van der Waals surface area contributed by atoms with E-state index < -0.39 is 4.92 Å². The van der Waals surface area contributed by atoms with Gasteiger partial charge in [0.2, 0.25) is 0 Å². The Morgan fingerprint density at radius 3 is 2.10 bits per heavy atom. The molecule has 0 aliphatic rings. The van der Waals surface area contributed by atoms with Crippen LogP contribution in [0.4, 0.5) is 22.7 Å². The van der Waals surface area contributed by atoms with Crippen LogP contribution < -0.4 is 17.2 Å². The fourth-order valence-corrected chi connectivity index (χ4v) is 1.40. The Balaban J connectivity index is 0.000000204. The summed E-state index contributed by atoms with van der Waals surface area (Å²) in [5, 5.41) is 19.0. The zero-order valence-corrected chi connectivity index (χ0v) is 10.9. The molecule has 0 heterocycles. The van der Waals surface area contributed by atoms with Crippen molar-refractivity contribution in [3.05, 3.63) is 52.1 Å². The van der Waals surface area contributed by atoms with Crippen LogP contribution in [0, 0.1) is 17.0 Å². The third-order valence-electron chi connectivity index (χ3n) is 2.45. The fourth-order valence-electron chi connectivity index (χ4n) is 1.40. The molecule has 0 aliphatic heterocycles. The van der Waals surface area contributed by atoms with Crippen molar-refractivity contribution in [3.63, 3.8) is 0 Å². The lowest BCUT2D eigenvalue weighted by atomic mass is 10.2. The number of aryl methyl sites for hydroxylation is 1. The lowest BCUT2D eigenvalue weighted by molar-refractivity contribution is -0.383. The molecule has 2 aromatic rings. The van der Waals surface area contributed by atoms with E-state index >= 15 is 0 Å². The van der Waals surface area contributed by atoms with Gasteiger partial charge in [-0.25, -0.2) is 0 Å². The van der Waals surface area contributed by atoms with Gasteiger partial charge in [-0.15, -0.1) is 0 Å². The van der Waals surface area contributed by atoms with Crippen LogP contribution in [-0.2, 0) is 0 Å². The predicted molar refractivity (Wildman–Crippen MR) is 79.2 cm³/mol. The second-order valence-electron chi connectivity index (χ2n) is 4.13. The number of phenolic OH excluding ortho intramolecular Hbond substituents is 1. The molecular weight excluding hydrogens is 260 g/mol. The number of nitrogens with two attached hydrogens (primary N) is 3. The molecule has 0 saturated heterocycles. The molecule has 2 aromatic carbocycles. The minimum Gasteiger partial charge on any atom is -0.508 e. The van der Waals surface area contributed by atoms with Crippen LogP contribution >= 0.6 is 0 Å². The van der Waals surface area contributed by atoms with Gasteiger partial charge in [0.25, 0.3) is 5.69 Å². The Bertz CT molecular complexity index is 629. The summed E-state index contributed by atoms with van der Waals surface area (Å²) in [6.07, 6.45) is 0. The molecule has 0 aromatic heterocycles. The number of hydrogen-bond acceptors (Lipinski definition) is 6. The standard InChI is InChI=1S/C7H10N2.C6H6N2O3/c1-5-2-3-6(8)7(9)4-5;7-5-3-4(9)1-2-6(5)8(10)11/h2-4H,8-9H2,1H3;1-3,9H,7H2. The second-order valence-corrected chi connectivity index (χ2v) is 4.13. The summed E-state index contributed by atoms with van der Waals surface area (Å²) < 4.78 is 0. The Kier molecular flexibility index (Phi) is 4.74. The minimum atomic E-state index is -0.602. The molecule has 0 bridgehead atoms. The maximum absolute atomic E-state index is 10.2. The van der Waals surface area contributed by atoms with Gasteiger partial charge < -0.3 is 22.3 Å². The van der Waals surface area contributed by atoms with Gasteiger partial charge in [0.05, 0.1) is 16.3 Å². The first-order chi connectivity index (χ1) is 9.31. The average Bonchev–Trinajstić information content (AvgIpc) is 2.34. The number of hydrogen-bond donors (Lipinski definition) is 4. The van der Waals surface area contributed by atoms with Crippen LogP contribution in [0.2, 0.25) is 0 Å². The number of aromatic hydroxyl groups is 1. The second kappa shape index (κ2) is 6.28. The third kappa shape index (κ3) is 4.05. The first-order valence-corrected chi connectivity index (χ1v) is 5.65. The lowest BCUT2D eigenvalue weighted by Gasteiger charge is -1.98. The van der Waals surface area contributed by atoms with E-state index in [1.807, 2.05) is 25.1 Å². The van der Waals surface area contributed by atoms with Gasteiger partial charge in [-0.05, 0) is 30.7 Å². The molecule has 0 unspecified atom stereocenters.